The maximum Gasteiger partial charge on any atom is 0.432 e. The number of aliphatic carboxylic acids is 1. The Labute approximate surface area is 115 Å². The summed E-state index contributed by atoms with van der Waals surface area (Å²) in [5.74, 6) is -2.27. The fraction of sp³-hybridized carbons (Fsp3) is 0.167. The molecule has 0 unspecified atom stereocenters. The van der Waals surface area contributed by atoms with Gasteiger partial charge in [-0.1, -0.05) is 18.2 Å². The van der Waals surface area contributed by atoms with Crippen molar-refractivity contribution in [2.75, 3.05) is 5.32 Å². The van der Waals surface area contributed by atoms with E-state index in [0.29, 0.717) is 0 Å². The molecular formula is C12H9F5N2O2. The van der Waals surface area contributed by atoms with Gasteiger partial charge in [0.05, 0.1) is 0 Å². The van der Waals surface area contributed by atoms with Crippen molar-refractivity contribution in [1.29, 1.82) is 5.41 Å². The Morgan fingerprint density at radius 2 is 1.71 bits per heavy atom. The molecule has 0 aliphatic rings. The summed E-state index contributed by atoms with van der Waals surface area (Å²) < 4.78 is 63.6. The molecule has 1 aromatic carbocycles. The van der Waals surface area contributed by atoms with E-state index >= 15 is 0 Å². The van der Waals surface area contributed by atoms with Gasteiger partial charge in [-0.15, -0.1) is 0 Å². The van der Waals surface area contributed by atoms with Gasteiger partial charge in [0.25, 0.3) is 6.43 Å². The molecule has 0 spiro atoms. The van der Waals surface area contributed by atoms with E-state index in [0.717, 1.165) is 0 Å². The summed E-state index contributed by atoms with van der Waals surface area (Å²) in [6, 6.07) is 6.63. The first kappa shape index (κ1) is 16.6. The molecule has 1 rings (SSSR count). The van der Waals surface area contributed by atoms with Crippen LogP contribution in [0.2, 0.25) is 0 Å². The summed E-state index contributed by atoms with van der Waals surface area (Å²) in [6.07, 6.45) is -8.89. The number of carbonyl (C=O) groups is 1. The normalized spacial score (nSPS) is 12.9. The lowest BCUT2D eigenvalue weighted by Gasteiger charge is -2.18. The van der Waals surface area contributed by atoms with Crippen LogP contribution in [0.5, 0.6) is 0 Å². The Morgan fingerprint density at radius 1 is 1.19 bits per heavy atom. The van der Waals surface area contributed by atoms with Gasteiger partial charge < -0.3 is 10.4 Å². The second-order valence-corrected chi connectivity index (χ2v) is 3.76. The Morgan fingerprint density at radius 3 is 2.10 bits per heavy atom. The van der Waals surface area contributed by atoms with Gasteiger partial charge in [-0.2, -0.15) is 13.2 Å². The Bertz CT molecular complexity index is 567. The summed E-state index contributed by atoms with van der Waals surface area (Å²) in [5.41, 5.74) is -5.81. The number of carboxylic acids is 1. The molecule has 1 aromatic rings. The average Bonchev–Trinajstić information content (AvgIpc) is 2.37. The smallest absolute Gasteiger partial charge is 0.432 e. The molecule has 0 atom stereocenters. The van der Waals surface area contributed by atoms with Crippen LogP contribution in [0.25, 0.3) is 0 Å². The lowest BCUT2D eigenvalue weighted by molar-refractivity contribution is -0.133. The zero-order valence-corrected chi connectivity index (χ0v) is 10.2. The van der Waals surface area contributed by atoms with Gasteiger partial charge in [0.1, 0.15) is 17.0 Å². The molecule has 114 valence electrons. The SMILES string of the molecule is N=C(/C(C(=O)O)=C(\Nc1ccccc1)C(F)(F)F)C(F)F. The van der Waals surface area contributed by atoms with E-state index in [1.165, 1.54) is 30.3 Å². The molecule has 9 heteroatoms. The maximum atomic E-state index is 12.9. The number of allylic oxidation sites excluding steroid dienone is 1. The van der Waals surface area contributed by atoms with Crippen LogP contribution in [0.15, 0.2) is 41.6 Å². The summed E-state index contributed by atoms with van der Waals surface area (Å²) >= 11 is 0. The highest BCUT2D eigenvalue weighted by Crippen LogP contribution is 2.30. The van der Waals surface area contributed by atoms with E-state index in [-0.39, 0.29) is 5.69 Å². The van der Waals surface area contributed by atoms with Gasteiger partial charge in [0.2, 0.25) is 0 Å². The van der Waals surface area contributed by atoms with Crippen molar-refractivity contribution in [3.05, 3.63) is 41.6 Å². The Hall–Kier alpha value is -2.45. The summed E-state index contributed by atoms with van der Waals surface area (Å²) in [7, 11) is 0. The molecule has 0 aliphatic carbocycles. The first-order chi connectivity index (χ1) is 9.64. The molecule has 0 bridgehead atoms. The van der Waals surface area contributed by atoms with Crippen LogP contribution >= 0.6 is 0 Å². The minimum Gasteiger partial charge on any atom is -0.478 e. The molecule has 0 aromatic heterocycles. The second-order valence-electron chi connectivity index (χ2n) is 3.76. The van der Waals surface area contributed by atoms with Crippen LogP contribution in [0.3, 0.4) is 0 Å². The minimum absolute atomic E-state index is 0.148. The fourth-order valence-electron chi connectivity index (χ4n) is 1.41. The van der Waals surface area contributed by atoms with Crippen LogP contribution in [-0.4, -0.2) is 29.4 Å². The number of benzene rings is 1. The molecule has 0 fully saturated rings. The first-order valence-corrected chi connectivity index (χ1v) is 5.38. The molecule has 0 saturated carbocycles. The summed E-state index contributed by atoms with van der Waals surface area (Å²) in [4.78, 5) is 10.9. The van der Waals surface area contributed by atoms with Crippen molar-refractivity contribution < 1.29 is 31.9 Å². The van der Waals surface area contributed by atoms with E-state index in [4.69, 9.17) is 10.5 Å². The molecule has 3 N–H and O–H groups in total. The molecule has 21 heavy (non-hydrogen) atoms. The monoisotopic (exact) mass is 308 g/mol. The van der Waals surface area contributed by atoms with Gasteiger partial charge in [0, 0.05) is 5.69 Å². The van der Waals surface area contributed by atoms with Crippen LogP contribution in [0.4, 0.5) is 27.6 Å². The fourth-order valence-corrected chi connectivity index (χ4v) is 1.41. The summed E-state index contributed by atoms with van der Waals surface area (Å²) in [6.45, 7) is 0. The van der Waals surface area contributed by atoms with Crippen LogP contribution in [-0.2, 0) is 4.79 Å². The van der Waals surface area contributed by atoms with Crippen LogP contribution in [0.1, 0.15) is 0 Å². The highest BCUT2D eigenvalue weighted by Gasteiger charge is 2.41. The van der Waals surface area contributed by atoms with E-state index < -0.39 is 35.6 Å². The van der Waals surface area contributed by atoms with Crippen molar-refractivity contribution in [2.45, 2.75) is 12.6 Å². The third-order valence-electron chi connectivity index (χ3n) is 2.28. The molecule has 0 radical (unpaired) electrons. The van der Waals surface area contributed by atoms with Crippen molar-refractivity contribution >= 4 is 17.4 Å². The van der Waals surface area contributed by atoms with Gasteiger partial charge in [0.15, 0.2) is 0 Å². The highest BCUT2D eigenvalue weighted by atomic mass is 19.4. The van der Waals surface area contributed by atoms with Crippen molar-refractivity contribution in [2.24, 2.45) is 0 Å². The largest absolute Gasteiger partial charge is 0.478 e. The molecular weight excluding hydrogens is 299 g/mol. The number of hydrogen-bond acceptors (Lipinski definition) is 3. The van der Waals surface area contributed by atoms with Gasteiger partial charge >= 0.3 is 12.1 Å². The number of rotatable bonds is 5. The topological polar surface area (TPSA) is 73.2 Å². The Kier molecular flexibility index (Phi) is 5.01. The van der Waals surface area contributed by atoms with Gasteiger partial charge in [-0.25, -0.2) is 13.6 Å². The van der Waals surface area contributed by atoms with Crippen LogP contribution in [0, 0.1) is 5.41 Å². The maximum absolute atomic E-state index is 12.9. The number of carboxylic acid groups (broad SMARTS) is 1. The van der Waals surface area contributed by atoms with E-state index in [1.54, 1.807) is 5.32 Å². The van der Waals surface area contributed by atoms with E-state index in [2.05, 4.69) is 0 Å². The minimum atomic E-state index is -5.25. The quantitative estimate of drug-likeness (QED) is 0.444. The predicted molar refractivity (Wildman–Crippen MR) is 64.5 cm³/mol. The lowest BCUT2D eigenvalue weighted by Crippen LogP contribution is -2.30. The number of para-hydroxylation sites is 1. The third-order valence-corrected chi connectivity index (χ3v) is 2.28. The van der Waals surface area contributed by atoms with Crippen molar-refractivity contribution in [3.63, 3.8) is 0 Å². The van der Waals surface area contributed by atoms with E-state index in [1.807, 2.05) is 0 Å². The standard InChI is InChI=1S/C12H9F5N2O2/c13-10(14)8(18)7(11(20)21)9(12(15,16)17)19-6-4-2-1-3-5-6/h1-5,10,18-19H,(H,20,21)/b9-7+,18-8?. The average molecular weight is 308 g/mol. The molecule has 0 heterocycles. The highest BCUT2D eigenvalue weighted by molar-refractivity contribution is 6.20. The van der Waals surface area contributed by atoms with Gasteiger partial charge in [-0.3, -0.25) is 5.41 Å². The van der Waals surface area contributed by atoms with Crippen molar-refractivity contribution in [3.8, 4) is 0 Å². The zero-order chi connectivity index (χ0) is 16.2. The number of anilines is 1. The molecule has 0 saturated heterocycles. The van der Waals surface area contributed by atoms with Gasteiger partial charge in [-0.05, 0) is 12.1 Å². The van der Waals surface area contributed by atoms with Crippen molar-refractivity contribution in [1.82, 2.24) is 0 Å². The Balaban J connectivity index is 3.42. The molecule has 0 aliphatic heterocycles. The predicted octanol–water partition coefficient (Wildman–Crippen LogP) is 3.28. The lowest BCUT2D eigenvalue weighted by atomic mass is 10.1. The first-order valence-electron chi connectivity index (χ1n) is 5.38. The zero-order valence-electron chi connectivity index (χ0n) is 10.2. The second kappa shape index (κ2) is 6.33. The summed E-state index contributed by atoms with van der Waals surface area (Å²) in [5, 5.41) is 17.3. The number of halogens is 5. The molecule has 4 nitrogen and oxygen atoms in total. The number of hydrogen-bond donors (Lipinski definition) is 3. The third kappa shape index (κ3) is 4.26. The molecule has 0 amide bonds. The number of nitrogens with one attached hydrogen (secondary N) is 2. The van der Waals surface area contributed by atoms with Crippen LogP contribution < -0.4 is 5.32 Å². The number of alkyl halides is 5. The van der Waals surface area contributed by atoms with E-state index in [9.17, 15) is 26.7 Å².